The molecule has 0 saturated heterocycles. The van der Waals surface area contributed by atoms with Gasteiger partial charge in [-0.1, -0.05) is 23.7 Å². The average Bonchev–Trinajstić information content (AvgIpc) is 3.21. The zero-order chi connectivity index (χ0) is 13.8. The second-order valence-corrected chi connectivity index (χ2v) is 5.44. The molecule has 0 heterocycles. The van der Waals surface area contributed by atoms with E-state index in [1.54, 1.807) is 0 Å². The molecule has 1 aromatic rings. The van der Waals surface area contributed by atoms with E-state index in [0.717, 1.165) is 5.02 Å². The van der Waals surface area contributed by atoms with Gasteiger partial charge in [0.25, 0.3) is 0 Å². The lowest BCUT2D eigenvalue weighted by Gasteiger charge is -2.22. The summed E-state index contributed by atoms with van der Waals surface area (Å²) in [6.45, 7) is 4.09. The summed E-state index contributed by atoms with van der Waals surface area (Å²) in [4.78, 5) is 11.7. The van der Waals surface area contributed by atoms with Crippen molar-refractivity contribution in [1.29, 1.82) is 0 Å². The van der Waals surface area contributed by atoms with Crippen LogP contribution in [0.15, 0.2) is 24.3 Å². The summed E-state index contributed by atoms with van der Waals surface area (Å²) >= 11 is 5.91. The number of rotatable bonds is 6. The molecule has 1 aliphatic rings. The standard InChI is InChI=1S/C15H20ClNO2/c1-3-19-15(18)10(2)17-14(11-4-5-11)12-6-8-13(16)9-7-12/h6-11,14,17H,3-5H2,1-2H3. The van der Waals surface area contributed by atoms with Crippen molar-refractivity contribution in [2.75, 3.05) is 6.61 Å². The van der Waals surface area contributed by atoms with Gasteiger partial charge in [-0.3, -0.25) is 10.1 Å². The highest BCUT2D eigenvalue weighted by molar-refractivity contribution is 6.30. The summed E-state index contributed by atoms with van der Waals surface area (Å²) in [5.74, 6) is 0.417. The molecule has 2 atom stereocenters. The predicted octanol–water partition coefficient (Wildman–Crippen LogP) is 3.33. The van der Waals surface area contributed by atoms with Crippen molar-refractivity contribution in [1.82, 2.24) is 5.32 Å². The molecule has 19 heavy (non-hydrogen) atoms. The molecular formula is C15H20ClNO2. The van der Waals surface area contributed by atoms with Crippen molar-refractivity contribution >= 4 is 17.6 Å². The Morgan fingerprint density at radius 2 is 2.05 bits per heavy atom. The van der Waals surface area contributed by atoms with E-state index in [0.29, 0.717) is 12.5 Å². The molecule has 4 heteroatoms. The normalized spacial score (nSPS) is 17.8. The van der Waals surface area contributed by atoms with E-state index in [1.807, 2.05) is 38.1 Å². The van der Waals surface area contributed by atoms with E-state index < -0.39 is 0 Å². The van der Waals surface area contributed by atoms with Crippen molar-refractivity contribution in [3.63, 3.8) is 0 Å². The van der Waals surface area contributed by atoms with Gasteiger partial charge < -0.3 is 4.74 Å². The van der Waals surface area contributed by atoms with Gasteiger partial charge in [0.15, 0.2) is 0 Å². The Bertz CT molecular complexity index is 428. The molecule has 0 radical (unpaired) electrons. The summed E-state index contributed by atoms with van der Waals surface area (Å²) < 4.78 is 5.04. The molecule has 3 nitrogen and oxygen atoms in total. The van der Waals surface area contributed by atoms with Gasteiger partial charge in [0.05, 0.1) is 6.61 Å². The zero-order valence-electron chi connectivity index (χ0n) is 11.4. The fourth-order valence-electron chi connectivity index (χ4n) is 2.21. The maximum Gasteiger partial charge on any atom is 0.322 e. The SMILES string of the molecule is CCOC(=O)C(C)NC(c1ccc(Cl)cc1)C1CC1. The van der Waals surface area contributed by atoms with Crippen molar-refractivity contribution in [2.45, 2.75) is 38.8 Å². The average molecular weight is 282 g/mol. The molecule has 104 valence electrons. The third-order valence-electron chi connectivity index (χ3n) is 3.39. The number of halogens is 1. The second-order valence-electron chi connectivity index (χ2n) is 5.01. The Hall–Kier alpha value is -1.06. The van der Waals surface area contributed by atoms with Crippen molar-refractivity contribution in [3.05, 3.63) is 34.9 Å². The molecular weight excluding hydrogens is 262 g/mol. The fraction of sp³-hybridized carbons (Fsp3) is 0.533. The maximum atomic E-state index is 11.7. The van der Waals surface area contributed by atoms with Gasteiger partial charge in [0.2, 0.25) is 0 Å². The summed E-state index contributed by atoms with van der Waals surface area (Å²) in [5, 5.41) is 4.11. The number of hydrogen-bond donors (Lipinski definition) is 1. The van der Waals surface area contributed by atoms with Gasteiger partial charge in [0, 0.05) is 11.1 Å². The van der Waals surface area contributed by atoms with Crippen LogP contribution < -0.4 is 5.32 Å². The van der Waals surface area contributed by atoms with Crippen LogP contribution in [0, 0.1) is 5.92 Å². The molecule has 0 bridgehead atoms. The number of ether oxygens (including phenoxy) is 1. The highest BCUT2D eigenvalue weighted by atomic mass is 35.5. The molecule has 1 N–H and O–H groups in total. The predicted molar refractivity (Wildman–Crippen MR) is 76.1 cm³/mol. The van der Waals surface area contributed by atoms with Crippen LogP contribution in [-0.2, 0) is 9.53 Å². The third kappa shape index (κ3) is 3.95. The quantitative estimate of drug-likeness (QED) is 0.813. The lowest BCUT2D eigenvalue weighted by Crippen LogP contribution is -2.38. The first-order valence-corrected chi connectivity index (χ1v) is 7.17. The van der Waals surface area contributed by atoms with Crippen LogP contribution in [0.5, 0.6) is 0 Å². The van der Waals surface area contributed by atoms with Crippen LogP contribution in [0.3, 0.4) is 0 Å². The zero-order valence-corrected chi connectivity index (χ0v) is 12.1. The molecule has 0 spiro atoms. The minimum atomic E-state index is -0.291. The Morgan fingerprint density at radius 1 is 1.42 bits per heavy atom. The minimum Gasteiger partial charge on any atom is -0.465 e. The molecule has 0 aliphatic heterocycles. The smallest absolute Gasteiger partial charge is 0.322 e. The Kier molecular flexibility index (Phi) is 4.83. The Labute approximate surface area is 119 Å². The molecule has 2 unspecified atom stereocenters. The minimum absolute atomic E-state index is 0.192. The highest BCUT2D eigenvalue weighted by Crippen LogP contribution is 2.41. The van der Waals surface area contributed by atoms with Crippen LogP contribution >= 0.6 is 11.6 Å². The number of benzene rings is 1. The number of carbonyl (C=O) groups excluding carboxylic acids is 1. The summed E-state index contributed by atoms with van der Waals surface area (Å²) in [7, 11) is 0. The van der Waals surface area contributed by atoms with Gasteiger partial charge in [-0.25, -0.2) is 0 Å². The van der Waals surface area contributed by atoms with E-state index in [2.05, 4.69) is 5.32 Å². The second kappa shape index (κ2) is 6.40. The van der Waals surface area contributed by atoms with Gasteiger partial charge in [-0.05, 0) is 50.3 Å². The first kappa shape index (κ1) is 14.4. The number of hydrogen-bond acceptors (Lipinski definition) is 3. The van der Waals surface area contributed by atoms with E-state index in [4.69, 9.17) is 16.3 Å². The fourth-order valence-corrected chi connectivity index (χ4v) is 2.33. The Morgan fingerprint density at radius 3 is 2.58 bits per heavy atom. The Balaban J connectivity index is 2.04. The molecule has 1 aromatic carbocycles. The monoisotopic (exact) mass is 281 g/mol. The van der Waals surface area contributed by atoms with Crippen molar-refractivity contribution in [3.8, 4) is 0 Å². The van der Waals surface area contributed by atoms with E-state index in [-0.39, 0.29) is 18.1 Å². The molecule has 1 fully saturated rings. The summed E-state index contributed by atoms with van der Waals surface area (Å²) in [6.07, 6.45) is 2.41. The van der Waals surface area contributed by atoms with Gasteiger partial charge in [0.1, 0.15) is 6.04 Å². The topological polar surface area (TPSA) is 38.3 Å². The highest BCUT2D eigenvalue weighted by Gasteiger charge is 2.34. The molecule has 1 aliphatic carbocycles. The van der Waals surface area contributed by atoms with Crippen molar-refractivity contribution < 1.29 is 9.53 Å². The molecule has 0 amide bonds. The van der Waals surface area contributed by atoms with E-state index in [1.165, 1.54) is 18.4 Å². The maximum absolute atomic E-state index is 11.7. The van der Waals surface area contributed by atoms with Crippen molar-refractivity contribution in [2.24, 2.45) is 5.92 Å². The summed E-state index contributed by atoms with van der Waals surface area (Å²) in [5.41, 5.74) is 1.18. The number of esters is 1. The van der Waals surface area contributed by atoms with Crippen LogP contribution in [0.4, 0.5) is 0 Å². The van der Waals surface area contributed by atoms with Crippen LogP contribution in [0.25, 0.3) is 0 Å². The van der Waals surface area contributed by atoms with Gasteiger partial charge in [-0.15, -0.1) is 0 Å². The van der Waals surface area contributed by atoms with E-state index in [9.17, 15) is 4.79 Å². The summed E-state index contributed by atoms with van der Waals surface area (Å²) in [6, 6.07) is 7.75. The third-order valence-corrected chi connectivity index (χ3v) is 3.64. The van der Waals surface area contributed by atoms with Crippen LogP contribution in [0.1, 0.15) is 38.3 Å². The van der Waals surface area contributed by atoms with Crippen LogP contribution in [0.2, 0.25) is 5.02 Å². The largest absolute Gasteiger partial charge is 0.465 e. The number of carbonyl (C=O) groups is 1. The molecule has 0 aromatic heterocycles. The van der Waals surface area contributed by atoms with E-state index >= 15 is 0 Å². The van der Waals surface area contributed by atoms with Gasteiger partial charge >= 0.3 is 5.97 Å². The van der Waals surface area contributed by atoms with Gasteiger partial charge in [-0.2, -0.15) is 0 Å². The first-order chi connectivity index (χ1) is 9.11. The lowest BCUT2D eigenvalue weighted by atomic mass is 10.0. The lowest BCUT2D eigenvalue weighted by molar-refractivity contribution is -0.145. The molecule has 2 rings (SSSR count). The van der Waals surface area contributed by atoms with Crippen LogP contribution in [-0.4, -0.2) is 18.6 Å². The first-order valence-electron chi connectivity index (χ1n) is 6.80. The molecule has 1 saturated carbocycles. The number of nitrogens with one attached hydrogen (secondary N) is 1.